The van der Waals surface area contributed by atoms with Crippen LogP contribution in [0.25, 0.3) is 0 Å². The number of methoxy groups -OCH3 is 1. The standard InChI is InChI=1S/C18H21NO2/c1-21-18-12-6-15(7-13-18)5-11-17(20)10-4-14-2-8-16(19)9-3-14/h2-3,6-9,12-13H,4-5,10-11,19H2,1H3. The molecule has 0 aromatic heterocycles. The average Bonchev–Trinajstić information content (AvgIpc) is 2.53. The number of aryl methyl sites for hydroxylation is 2. The molecular formula is C18H21NO2. The minimum Gasteiger partial charge on any atom is -0.497 e. The van der Waals surface area contributed by atoms with Gasteiger partial charge in [0.25, 0.3) is 0 Å². The van der Waals surface area contributed by atoms with Crippen molar-refractivity contribution in [3.8, 4) is 5.75 Å². The molecule has 0 aliphatic heterocycles. The lowest BCUT2D eigenvalue weighted by Gasteiger charge is -2.04. The van der Waals surface area contributed by atoms with E-state index in [9.17, 15) is 4.79 Å². The minimum atomic E-state index is 0.294. The summed E-state index contributed by atoms with van der Waals surface area (Å²) in [5, 5.41) is 0. The number of rotatable bonds is 7. The third-order valence-corrected chi connectivity index (χ3v) is 3.52. The number of nitrogens with two attached hydrogens (primary N) is 1. The smallest absolute Gasteiger partial charge is 0.133 e. The summed E-state index contributed by atoms with van der Waals surface area (Å²) >= 11 is 0. The Morgan fingerprint density at radius 2 is 1.38 bits per heavy atom. The van der Waals surface area contributed by atoms with Crippen LogP contribution in [0.5, 0.6) is 5.75 Å². The van der Waals surface area contributed by atoms with E-state index in [-0.39, 0.29) is 0 Å². The fourth-order valence-corrected chi connectivity index (χ4v) is 2.17. The van der Waals surface area contributed by atoms with Crippen molar-refractivity contribution in [1.82, 2.24) is 0 Å². The van der Waals surface area contributed by atoms with Crippen molar-refractivity contribution in [2.45, 2.75) is 25.7 Å². The number of nitrogen functional groups attached to an aromatic ring is 1. The molecule has 0 radical (unpaired) electrons. The maximum Gasteiger partial charge on any atom is 0.133 e. The zero-order valence-corrected chi connectivity index (χ0v) is 12.3. The zero-order valence-electron chi connectivity index (χ0n) is 12.3. The summed E-state index contributed by atoms with van der Waals surface area (Å²) in [5.74, 6) is 1.14. The molecule has 110 valence electrons. The van der Waals surface area contributed by atoms with E-state index in [2.05, 4.69) is 0 Å². The van der Waals surface area contributed by atoms with Crippen LogP contribution in [0.3, 0.4) is 0 Å². The molecule has 0 saturated heterocycles. The van der Waals surface area contributed by atoms with Crippen molar-refractivity contribution in [3.05, 3.63) is 59.7 Å². The van der Waals surface area contributed by atoms with Gasteiger partial charge in [-0.3, -0.25) is 4.79 Å². The third-order valence-electron chi connectivity index (χ3n) is 3.52. The van der Waals surface area contributed by atoms with Gasteiger partial charge in [-0.05, 0) is 48.2 Å². The minimum absolute atomic E-state index is 0.294. The van der Waals surface area contributed by atoms with Crippen LogP contribution in [0.2, 0.25) is 0 Å². The van der Waals surface area contributed by atoms with Gasteiger partial charge in [-0.2, -0.15) is 0 Å². The lowest BCUT2D eigenvalue weighted by atomic mass is 10.0. The van der Waals surface area contributed by atoms with Crippen LogP contribution < -0.4 is 10.5 Å². The lowest BCUT2D eigenvalue weighted by molar-refractivity contribution is -0.119. The van der Waals surface area contributed by atoms with Gasteiger partial charge >= 0.3 is 0 Å². The van der Waals surface area contributed by atoms with Gasteiger partial charge in [-0.1, -0.05) is 24.3 Å². The Balaban J connectivity index is 1.75. The van der Waals surface area contributed by atoms with Crippen molar-refractivity contribution in [2.24, 2.45) is 0 Å². The maximum atomic E-state index is 11.9. The van der Waals surface area contributed by atoms with Crippen LogP contribution >= 0.6 is 0 Å². The van der Waals surface area contributed by atoms with Crippen LogP contribution in [-0.4, -0.2) is 12.9 Å². The predicted molar refractivity (Wildman–Crippen MR) is 85.5 cm³/mol. The number of carbonyl (C=O) groups is 1. The Morgan fingerprint density at radius 1 is 0.905 bits per heavy atom. The summed E-state index contributed by atoms with van der Waals surface area (Å²) in [6, 6.07) is 15.6. The lowest BCUT2D eigenvalue weighted by Crippen LogP contribution is -2.02. The molecular weight excluding hydrogens is 262 g/mol. The van der Waals surface area contributed by atoms with E-state index in [0.29, 0.717) is 18.6 Å². The predicted octanol–water partition coefficient (Wildman–Crippen LogP) is 3.41. The first-order valence-electron chi connectivity index (χ1n) is 7.16. The van der Waals surface area contributed by atoms with Crippen molar-refractivity contribution in [3.63, 3.8) is 0 Å². The Morgan fingerprint density at radius 3 is 1.86 bits per heavy atom. The number of benzene rings is 2. The fourth-order valence-electron chi connectivity index (χ4n) is 2.17. The number of ketones is 1. The van der Waals surface area contributed by atoms with E-state index < -0.39 is 0 Å². The van der Waals surface area contributed by atoms with E-state index in [1.54, 1.807) is 7.11 Å². The molecule has 0 atom stereocenters. The first-order chi connectivity index (χ1) is 10.2. The van der Waals surface area contributed by atoms with Gasteiger partial charge in [0.05, 0.1) is 7.11 Å². The van der Waals surface area contributed by atoms with Crippen molar-refractivity contribution in [1.29, 1.82) is 0 Å². The molecule has 0 heterocycles. The summed E-state index contributed by atoms with van der Waals surface area (Å²) < 4.78 is 5.11. The largest absolute Gasteiger partial charge is 0.497 e. The second-order valence-electron chi connectivity index (χ2n) is 5.13. The normalized spacial score (nSPS) is 10.3. The van der Waals surface area contributed by atoms with Crippen molar-refractivity contribution < 1.29 is 9.53 Å². The molecule has 0 bridgehead atoms. The van der Waals surface area contributed by atoms with Gasteiger partial charge in [0, 0.05) is 18.5 Å². The van der Waals surface area contributed by atoms with E-state index in [4.69, 9.17) is 10.5 Å². The third kappa shape index (κ3) is 4.95. The van der Waals surface area contributed by atoms with Crippen LogP contribution in [0.4, 0.5) is 5.69 Å². The Hall–Kier alpha value is -2.29. The molecule has 0 unspecified atom stereocenters. The van der Waals surface area contributed by atoms with Gasteiger partial charge in [-0.15, -0.1) is 0 Å². The number of carbonyl (C=O) groups excluding carboxylic acids is 1. The first kappa shape index (κ1) is 15.1. The van der Waals surface area contributed by atoms with E-state index >= 15 is 0 Å². The van der Waals surface area contributed by atoms with Gasteiger partial charge in [0.15, 0.2) is 0 Å². The Bertz CT molecular complexity index is 573. The molecule has 2 aromatic rings. The summed E-state index contributed by atoms with van der Waals surface area (Å²) in [6.07, 6.45) is 2.73. The highest BCUT2D eigenvalue weighted by Gasteiger charge is 2.04. The quantitative estimate of drug-likeness (QED) is 0.792. The summed E-state index contributed by atoms with van der Waals surface area (Å²) in [4.78, 5) is 11.9. The SMILES string of the molecule is COc1ccc(CCC(=O)CCc2ccc(N)cc2)cc1. The maximum absolute atomic E-state index is 11.9. The number of ether oxygens (including phenoxy) is 1. The average molecular weight is 283 g/mol. The van der Waals surface area contributed by atoms with Crippen LogP contribution in [0.1, 0.15) is 24.0 Å². The second kappa shape index (κ2) is 7.48. The molecule has 0 spiro atoms. The Kier molecular flexibility index (Phi) is 5.38. The summed E-state index contributed by atoms with van der Waals surface area (Å²) in [7, 11) is 1.65. The molecule has 0 aliphatic carbocycles. The molecule has 0 saturated carbocycles. The molecule has 0 fully saturated rings. The molecule has 2 aromatic carbocycles. The zero-order chi connectivity index (χ0) is 15.1. The first-order valence-corrected chi connectivity index (χ1v) is 7.16. The second-order valence-corrected chi connectivity index (χ2v) is 5.13. The molecule has 0 amide bonds. The Labute approximate surface area is 125 Å². The number of anilines is 1. The molecule has 21 heavy (non-hydrogen) atoms. The van der Waals surface area contributed by atoms with E-state index in [0.717, 1.165) is 35.4 Å². The molecule has 2 rings (SSSR count). The highest BCUT2D eigenvalue weighted by molar-refractivity contribution is 5.78. The number of hydrogen-bond acceptors (Lipinski definition) is 3. The van der Waals surface area contributed by atoms with Gasteiger partial charge < -0.3 is 10.5 Å². The van der Waals surface area contributed by atoms with Gasteiger partial charge in [-0.25, -0.2) is 0 Å². The monoisotopic (exact) mass is 283 g/mol. The van der Waals surface area contributed by atoms with Crippen molar-refractivity contribution >= 4 is 11.5 Å². The van der Waals surface area contributed by atoms with Crippen LogP contribution in [0, 0.1) is 0 Å². The summed E-state index contributed by atoms with van der Waals surface area (Å²) in [6.45, 7) is 0. The summed E-state index contributed by atoms with van der Waals surface area (Å²) in [5.41, 5.74) is 8.71. The van der Waals surface area contributed by atoms with Gasteiger partial charge in [0.2, 0.25) is 0 Å². The molecule has 2 N–H and O–H groups in total. The van der Waals surface area contributed by atoms with Gasteiger partial charge in [0.1, 0.15) is 11.5 Å². The molecule has 3 heteroatoms. The highest BCUT2D eigenvalue weighted by atomic mass is 16.5. The number of hydrogen-bond donors (Lipinski definition) is 1. The van der Waals surface area contributed by atoms with E-state index in [1.165, 1.54) is 0 Å². The molecule has 3 nitrogen and oxygen atoms in total. The highest BCUT2D eigenvalue weighted by Crippen LogP contribution is 2.14. The number of Topliss-reactive ketones (excluding diaryl/α,β-unsaturated/α-hetero) is 1. The van der Waals surface area contributed by atoms with Crippen LogP contribution in [0.15, 0.2) is 48.5 Å². The van der Waals surface area contributed by atoms with E-state index in [1.807, 2.05) is 48.5 Å². The van der Waals surface area contributed by atoms with Crippen LogP contribution in [-0.2, 0) is 17.6 Å². The fraction of sp³-hybridized carbons (Fsp3) is 0.278. The van der Waals surface area contributed by atoms with Crippen molar-refractivity contribution in [2.75, 3.05) is 12.8 Å². The molecule has 0 aliphatic rings. The topological polar surface area (TPSA) is 52.3 Å².